The standard InChI is InChI=1S/C25H35N5O2/c1-16-9-10-21-18(13-16)14-20(24(27)32-17(2)26)25(29-21)30-12-11-22(23(15-30)31-3)28-19-7-5-4-6-8-19/h9-10,13-14,19,22-23,26-28H,4-8,11-12,15H2,1-3H3. The van der Waals surface area contributed by atoms with Crippen LogP contribution in [-0.4, -0.2) is 55.2 Å². The summed E-state index contributed by atoms with van der Waals surface area (Å²) in [6.07, 6.45) is 7.49. The van der Waals surface area contributed by atoms with Gasteiger partial charge in [0.2, 0.25) is 5.90 Å². The number of pyridine rings is 1. The molecule has 1 aromatic carbocycles. The molecule has 4 rings (SSSR count). The molecule has 2 fully saturated rings. The molecule has 2 aliphatic rings. The Balaban J connectivity index is 1.60. The summed E-state index contributed by atoms with van der Waals surface area (Å²) in [5.74, 6) is 0.682. The summed E-state index contributed by atoms with van der Waals surface area (Å²) in [6, 6.07) is 9.02. The number of ether oxygens (including phenoxy) is 2. The molecule has 0 bridgehead atoms. The average molecular weight is 438 g/mol. The highest BCUT2D eigenvalue weighted by molar-refractivity contribution is 6.04. The molecule has 0 radical (unpaired) electrons. The van der Waals surface area contributed by atoms with Crippen LogP contribution in [0.1, 0.15) is 56.6 Å². The molecule has 172 valence electrons. The molecule has 2 aromatic rings. The number of anilines is 1. The molecule has 1 saturated heterocycles. The maximum absolute atomic E-state index is 8.48. The summed E-state index contributed by atoms with van der Waals surface area (Å²) in [6.45, 7) is 5.12. The number of hydrogen-bond donors (Lipinski definition) is 3. The van der Waals surface area contributed by atoms with Gasteiger partial charge in [-0.15, -0.1) is 0 Å². The topological polar surface area (TPSA) is 94.3 Å². The SMILES string of the molecule is COC1CN(c2nc3ccc(C)cc3cc2C(=N)OC(C)=N)CCC1NC1CCCCC1. The number of aromatic nitrogens is 1. The lowest BCUT2D eigenvalue weighted by Crippen LogP contribution is -2.56. The molecule has 1 saturated carbocycles. The van der Waals surface area contributed by atoms with Crippen molar-refractivity contribution in [2.45, 2.75) is 70.6 Å². The first-order valence-electron chi connectivity index (χ1n) is 11.7. The summed E-state index contributed by atoms with van der Waals surface area (Å²) < 4.78 is 11.3. The molecule has 1 aliphatic carbocycles. The maximum Gasteiger partial charge on any atom is 0.224 e. The zero-order valence-corrected chi connectivity index (χ0v) is 19.4. The first kappa shape index (κ1) is 22.7. The van der Waals surface area contributed by atoms with Gasteiger partial charge in [0, 0.05) is 44.6 Å². The molecule has 7 heteroatoms. The molecule has 1 aromatic heterocycles. The molecule has 3 N–H and O–H groups in total. The molecule has 0 amide bonds. The molecule has 2 heterocycles. The van der Waals surface area contributed by atoms with Gasteiger partial charge in [-0.25, -0.2) is 4.98 Å². The van der Waals surface area contributed by atoms with Crippen molar-refractivity contribution in [3.8, 4) is 0 Å². The predicted octanol–water partition coefficient (Wildman–Crippen LogP) is 4.40. The summed E-state index contributed by atoms with van der Waals surface area (Å²) in [4.78, 5) is 7.14. The Labute approximate surface area is 190 Å². The fourth-order valence-corrected chi connectivity index (χ4v) is 5.01. The highest BCUT2D eigenvalue weighted by Crippen LogP contribution is 2.29. The Bertz CT molecular complexity index is 986. The van der Waals surface area contributed by atoms with Crippen molar-refractivity contribution < 1.29 is 9.47 Å². The minimum atomic E-state index is -0.0418. The van der Waals surface area contributed by atoms with E-state index < -0.39 is 0 Å². The first-order chi connectivity index (χ1) is 15.4. The number of fused-ring (bicyclic) bond motifs is 1. The van der Waals surface area contributed by atoms with E-state index in [0.717, 1.165) is 35.2 Å². The van der Waals surface area contributed by atoms with Crippen molar-refractivity contribution in [2.24, 2.45) is 0 Å². The van der Waals surface area contributed by atoms with E-state index in [2.05, 4.69) is 22.3 Å². The molecule has 0 spiro atoms. The summed E-state index contributed by atoms with van der Waals surface area (Å²) in [5, 5.41) is 21.0. The Morgan fingerprint density at radius 3 is 2.62 bits per heavy atom. The number of rotatable bonds is 5. The molecule has 2 unspecified atom stereocenters. The highest BCUT2D eigenvalue weighted by Gasteiger charge is 2.33. The number of benzene rings is 1. The van der Waals surface area contributed by atoms with Gasteiger partial charge in [-0.2, -0.15) is 0 Å². The van der Waals surface area contributed by atoms with E-state index in [0.29, 0.717) is 24.2 Å². The van der Waals surface area contributed by atoms with E-state index in [9.17, 15) is 0 Å². The predicted molar refractivity (Wildman–Crippen MR) is 129 cm³/mol. The van der Waals surface area contributed by atoms with Crippen LogP contribution >= 0.6 is 0 Å². The first-order valence-corrected chi connectivity index (χ1v) is 11.7. The zero-order valence-electron chi connectivity index (χ0n) is 19.4. The summed E-state index contributed by atoms with van der Waals surface area (Å²) >= 11 is 0. The summed E-state index contributed by atoms with van der Waals surface area (Å²) in [7, 11) is 1.78. The quantitative estimate of drug-likeness (QED) is 0.476. The molecular formula is C25H35N5O2. The van der Waals surface area contributed by atoms with Gasteiger partial charge >= 0.3 is 0 Å². The van der Waals surface area contributed by atoms with Crippen molar-refractivity contribution in [3.63, 3.8) is 0 Å². The second-order valence-electron chi connectivity index (χ2n) is 9.16. The second kappa shape index (κ2) is 9.96. The minimum Gasteiger partial charge on any atom is -0.425 e. The highest BCUT2D eigenvalue weighted by atomic mass is 16.5. The van der Waals surface area contributed by atoms with Crippen molar-refractivity contribution in [1.82, 2.24) is 10.3 Å². The largest absolute Gasteiger partial charge is 0.425 e. The molecule has 7 nitrogen and oxygen atoms in total. The van der Waals surface area contributed by atoms with Gasteiger partial charge in [-0.3, -0.25) is 10.8 Å². The van der Waals surface area contributed by atoms with E-state index in [-0.39, 0.29) is 17.9 Å². The van der Waals surface area contributed by atoms with Crippen LogP contribution in [0, 0.1) is 17.7 Å². The van der Waals surface area contributed by atoms with Crippen LogP contribution in [0.4, 0.5) is 5.82 Å². The third-order valence-corrected chi connectivity index (χ3v) is 6.67. The van der Waals surface area contributed by atoms with Gasteiger partial charge in [-0.05, 0) is 44.4 Å². The Morgan fingerprint density at radius 2 is 1.91 bits per heavy atom. The van der Waals surface area contributed by atoms with E-state index >= 15 is 0 Å². The van der Waals surface area contributed by atoms with Crippen molar-refractivity contribution in [1.29, 1.82) is 10.8 Å². The number of hydrogen-bond acceptors (Lipinski definition) is 7. The number of nitrogens with one attached hydrogen (secondary N) is 3. The van der Waals surface area contributed by atoms with Gasteiger partial charge in [0.1, 0.15) is 5.82 Å². The minimum absolute atomic E-state index is 0.00422. The number of piperidine rings is 1. The smallest absolute Gasteiger partial charge is 0.224 e. The lowest BCUT2D eigenvalue weighted by molar-refractivity contribution is 0.0534. The Kier molecular flexibility index (Phi) is 7.06. The number of methoxy groups -OCH3 is 1. The number of nitrogens with zero attached hydrogens (tertiary/aromatic N) is 2. The van der Waals surface area contributed by atoms with E-state index in [1.54, 1.807) is 7.11 Å². The Hall–Kier alpha value is -2.51. The third kappa shape index (κ3) is 5.10. The normalized spacial score (nSPS) is 22.2. The van der Waals surface area contributed by atoms with Crippen molar-refractivity contribution >= 4 is 28.5 Å². The third-order valence-electron chi connectivity index (χ3n) is 6.67. The summed E-state index contributed by atoms with van der Waals surface area (Å²) in [5.41, 5.74) is 2.65. The van der Waals surface area contributed by atoms with E-state index in [1.165, 1.54) is 39.0 Å². The van der Waals surface area contributed by atoms with E-state index in [4.69, 9.17) is 25.3 Å². The van der Waals surface area contributed by atoms with Crippen molar-refractivity contribution in [3.05, 3.63) is 35.4 Å². The van der Waals surface area contributed by atoms with Crippen LogP contribution < -0.4 is 10.2 Å². The van der Waals surface area contributed by atoms with Crippen LogP contribution in [0.2, 0.25) is 0 Å². The Morgan fingerprint density at radius 1 is 1.12 bits per heavy atom. The maximum atomic E-state index is 8.48. The van der Waals surface area contributed by atoms with Gasteiger partial charge in [0.25, 0.3) is 0 Å². The van der Waals surface area contributed by atoms with E-state index in [1.807, 2.05) is 19.1 Å². The fraction of sp³-hybridized carbons (Fsp3) is 0.560. The van der Waals surface area contributed by atoms with Crippen LogP contribution in [-0.2, 0) is 9.47 Å². The number of aryl methyl sites for hydroxylation is 1. The monoisotopic (exact) mass is 437 g/mol. The van der Waals surface area contributed by atoms with Gasteiger partial charge in [0.15, 0.2) is 5.90 Å². The van der Waals surface area contributed by atoms with Gasteiger partial charge < -0.3 is 19.7 Å². The fourth-order valence-electron chi connectivity index (χ4n) is 5.01. The molecule has 32 heavy (non-hydrogen) atoms. The zero-order chi connectivity index (χ0) is 22.7. The van der Waals surface area contributed by atoms with Crippen LogP contribution in [0.5, 0.6) is 0 Å². The molecular weight excluding hydrogens is 402 g/mol. The second-order valence-corrected chi connectivity index (χ2v) is 9.16. The van der Waals surface area contributed by atoms with Crippen LogP contribution in [0.15, 0.2) is 24.3 Å². The van der Waals surface area contributed by atoms with Crippen LogP contribution in [0.3, 0.4) is 0 Å². The molecule has 1 aliphatic heterocycles. The lowest BCUT2D eigenvalue weighted by atomic mass is 9.92. The molecule has 2 atom stereocenters. The van der Waals surface area contributed by atoms with Crippen LogP contribution in [0.25, 0.3) is 10.9 Å². The van der Waals surface area contributed by atoms with Gasteiger partial charge in [0.05, 0.1) is 17.2 Å². The van der Waals surface area contributed by atoms with Crippen molar-refractivity contribution in [2.75, 3.05) is 25.1 Å². The van der Waals surface area contributed by atoms with Gasteiger partial charge in [-0.1, -0.05) is 30.9 Å². The average Bonchev–Trinajstić information content (AvgIpc) is 2.78. The lowest BCUT2D eigenvalue weighted by Gasteiger charge is -2.41.